The van der Waals surface area contributed by atoms with Gasteiger partial charge in [-0.3, -0.25) is 5.32 Å². The third-order valence-electron chi connectivity index (χ3n) is 6.57. The first-order valence-electron chi connectivity index (χ1n) is 12.1. The van der Waals surface area contributed by atoms with Crippen LogP contribution in [0.2, 0.25) is 0 Å². The van der Waals surface area contributed by atoms with Crippen LogP contribution >= 0.6 is 0 Å². The summed E-state index contributed by atoms with van der Waals surface area (Å²) in [5.74, 6) is 2.16. The molecule has 3 heterocycles. The van der Waals surface area contributed by atoms with Gasteiger partial charge in [0, 0.05) is 42.3 Å². The number of hydrogen-bond acceptors (Lipinski definition) is 6. The minimum atomic E-state index is -0.604. The van der Waals surface area contributed by atoms with Crippen LogP contribution < -0.4 is 25.4 Å². The summed E-state index contributed by atoms with van der Waals surface area (Å²) >= 11 is 0. The standard InChI is InChI=1S/C26H32N4O4/c27-26(31)28-25-21(20-6-1-2-8-22(20)34-25)7-3-4-11-29-12-5-13-30(15-14-29)19-9-10-23-24(18-19)33-17-16-32-23/h1-2,6,8-10,18H,3-5,7,11-17H2,(H3,27,28,31). The van der Waals surface area contributed by atoms with Crippen molar-refractivity contribution >= 4 is 28.6 Å². The molecule has 2 amide bonds. The van der Waals surface area contributed by atoms with E-state index in [0.717, 1.165) is 86.4 Å². The number of primary amides is 1. The Balaban J connectivity index is 1.13. The van der Waals surface area contributed by atoms with Crippen LogP contribution in [0.3, 0.4) is 0 Å². The van der Waals surface area contributed by atoms with Crippen molar-refractivity contribution in [3.05, 3.63) is 48.0 Å². The van der Waals surface area contributed by atoms with Gasteiger partial charge in [0.25, 0.3) is 0 Å². The number of para-hydroxylation sites is 1. The van der Waals surface area contributed by atoms with E-state index in [2.05, 4.69) is 27.2 Å². The lowest BCUT2D eigenvalue weighted by Gasteiger charge is -2.26. The number of urea groups is 1. The number of carbonyl (C=O) groups is 1. The average molecular weight is 465 g/mol. The van der Waals surface area contributed by atoms with E-state index in [-0.39, 0.29) is 0 Å². The molecule has 1 saturated heterocycles. The largest absolute Gasteiger partial charge is 0.486 e. The topological polar surface area (TPSA) is 93.2 Å². The summed E-state index contributed by atoms with van der Waals surface area (Å²) in [7, 11) is 0. The number of aryl methyl sites for hydroxylation is 1. The minimum absolute atomic E-state index is 0.471. The number of amides is 2. The third kappa shape index (κ3) is 5.07. The molecule has 2 aromatic carbocycles. The number of anilines is 2. The highest BCUT2D eigenvalue weighted by Crippen LogP contribution is 2.34. The van der Waals surface area contributed by atoms with Crippen molar-refractivity contribution in [2.45, 2.75) is 25.7 Å². The Morgan fingerprint density at radius 3 is 2.71 bits per heavy atom. The number of benzene rings is 2. The molecule has 8 nitrogen and oxygen atoms in total. The maximum absolute atomic E-state index is 11.4. The zero-order valence-corrected chi connectivity index (χ0v) is 19.4. The Labute approximate surface area is 199 Å². The molecule has 0 aliphatic carbocycles. The predicted octanol–water partition coefficient (Wildman–Crippen LogP) is 4.23. The van der Waals surface area contributed by atoms with Crippen molar-refractivity contribution in [2.24, 2.45) is 5.73 Å². The normalized spacial score (nSPS) is 16.4. The van der Waals surface area contributed by atoms with E-state index in [4.69, 9.17) is 19.6 Å². The van der Waals surface area contributed by atoms with E-state index in [0.29, 0.717) is 19.1 Å². The lowest BCUT2D eigenvalue weighted by molar-refractivity contribution is 0.171. The van der Waals surface area contributed by atoms with Crippen LogP contribution in [0.25, 0.3) is 11.0 Å². The van der Waals surface area contributed by atoms with E-state index in [9.17, 15) is 4.79 Å². The first-order valence-corrected chi connectivity index (χ1v) is 12.1. The Bertz CT molecular complexity index is 1150. The van der Waals surface area contributed by atoms with Gasteiger partial charge in [-0.2, -0.15) is 0 Å². The Hall–Kier alpha value is -3.39. The van der Waals surface area contributed by atoms with E-state index in [1.165, 1.54) is 5.69 Å². The molecule has 3 aromatic rings. The molecule has 1 aromatic heterocycles. The van der Waals surface area contributed by atoms with Crippen LogP contribution in [0.5, 0.6) is 11.5 Å². The first-order chi connectivity index (χ1) is 16.7. The Kier molecular flexibility index (Phi) is 6.76. The number of nitrogens with one attached hydrogen (secondary N) is 1. The molecule has 180 valence electrons. The molecule has 2 aliphatic heterocycles. The fourth-order valence-corrected chi connectivity index (χ4v) is 4.88. The highest BCUT2D eigenvalue weighted by atomic mass is 16.6. The van der Waals surface area contributed by atoms with Gasteiger partial charge in [0.15, 0.2) is 11.5 Å². The Morgan fingerprint density at radius 2 is 1.82 bits per heavy atom. The monoisotopic (exact) mass is 464 g/mol. The van der Waals surface area contributed by atoms with Gasteiger partial charge in [0.2, 0.25) is 5.88 Å². The molecule has 0 spiro atoms. The number of nitrogens with two attached hydrogens (primary N) is 1. The second kappa shape index (κ2) is 10.3. The second-order valence-electron chi connectivity index (χ2n) is 8.86. The highest BCUT2D eigenvalue weighted by molar-refractivity contribution is 5.93. The zero-order valence-electron chi connectivity index (χ0n) is 19.4. The SMILES string of the molecule is NC(=O)Nc1oc2ccccc2c1CCCCN1CCCN(c2ccc3c(c2)OCCO3)CC1. The summed E-state index contributed by atoms with van der Waals surface area (Å²) in [5.41, 5.74) is 8.33. The number of unbranched alkanes of at least 4 members (excludes halogenated alkanes) is 1. The van der Waals surface area contributed by atoms with Crippen LogP contribution in [-0.4, -0.2) is 56.9 Å². The molecule has 1 fully saturated rings. The number of hydrogen-bond donors (Lipinski definition) is 2. The fraction of sp³-hybridized carbons (Fsp3) is 0.423. The molecular formula is C26H32N4O4. The summed E-state index contributed by atoms with van der Waals surface area (Å²) in [6, 6.07) is 13.5. The number of rotatable bonds is 7. The van der Waals surface area contributed by atoms with Gasteiger partial charge in [-0.15, -0.1) is 0 Å². The maximum Gasteiger partial charge on any atom is 0.318 e. The summed E-state index contributed by atoms with van der Waals surface area (Å²) in [6.45, 7) is 6.47. The van der Waals surface area contributed by atoms with Crippen LogP contribution in [0.15, 0.2) is 46.9 Å². The van der Waals surface area contributed by atoms with Crippen molar-refractivity contribution in [3.63, 3.8) is 0 Å². The van der Waals surface area contributed by atoms with Crippen LogP contribution in [0.4, 0.5) is 16.4 Å². The number of ether oxygens (including phenoxy) is 2. The molecule has 3 N–H and O–H groups in total. The smallest absolute Gasteiger partial charge is 0.318 e. The van der Waals surface area contributed by atoms with Gasteiger partial charge in [-0.05, 0) is 57.0 Å². The third-order valence-corrected chi connectivity index (χ3v) is 6.57. The van der Waals surface area contributed by atoms with Crippen molar-refractivity contribution in [3.8, 4) is 11.5 Å². The summed E-state index contributed by atoms with van der Waals surface area (Å²) in [4.78, 5) is 16.4. The van der Waals surface area contributed by atoms with Crippen LogP contribution in [0, 0.1) is 0 Å². The lowest BCUT2D eigenvalue weighted by atomic mass is 10.1. The molecule has 34 heavy (non-hydrogen) atoms. The second-order valence-corrected chi connectivity index (χ2v) is 8.86. The molecule has 0 unspecified atom stereocenters. The van der Waals surface area contributed by atoms with E-state index >= 15 is 0 Å². The van der Waals surface area contributed by atoms with E-state index in [1.807, 2.05) is 30.3 Å². The van der Waals surface area contributed by atoms with Gasteiger partial charge in [0.05, 0.1) is 0 Å². The van der Waals surface area contributed by atoms with E-state index in [1.54, 1.807) is 0 Å². The number of carbonyl (C=O) groups excluding carboxylic acids is 1. The minimum Gasteiger partial charge on any atom is -0.486 e. The summed E-state index contributed by atoms with van der Waals surface area (Å²) in [5, 5.41) is 3.68. The molecule has 0 bridgehead atoms. The highest BCUT2D eigenvalue weighted by Gasteiger charge is 2.19. The number of furan rings is 1. The maximum atomic E-state index is 11.4. The van der Waals surface area contributed by atoms with E-state index < -0.39 is 6.03 Å². The molecule has 0 atom stereocenters. The van der Waals surface area contributed by atoms with Crippen LogP contribution in [0.1, 0.15) is 24.8 Å². The van der Waals surface area contributed by atoms with Gasteiger partial charge >= 0.3 is 6.03 Å². The van der Waals surface area contributed by atoms with Crippen molar-refractivity contribution in [1.82, 2.24) is 4.90 Å². The summed E-state index contributed by atoms with van der Waals surface area (Å²) < 4.78 is 17.2. The molecular weight excluding hydrogens is 432 g/mol. The molecule has 8 heteroatoms. The number of fused-ring (bicyclic) bond motifs is 2. The summed E-state index contributed by atoms with van der Waals surface area (Å²) in [6.07, 6.45) is 4.07. The van der Waals surface area contributed by atoms with Crippen LogP contribution in [-0.2, 0) is 6.42 Å². The molecule has 0 radical (unpaired) electrons. The first kappa shape index (κ1) is 22.4. The van der Waals surface area contributed by atoms with Gasteiger partial charge < -0.3 is 29.4 Å². The Morgan fingerprint density at radius 1 is 0.971 bits per heavy atom. The molecule has 5 rings (SSSR count). The quantitative estimate of drug-likeness (QED) is 0.509. The van der Waals surface area contributed by atoms with Crippen molar-refractivity contribution in [2.75, 3.05) is 56.2 Å². The molecule has 0 saturated carbocycles. The number of nitrogens with zero attached hydrogens (tertiary/aromatic N) is 2. The zero-order chi connectivity index (χ0) is 23.3. The van der Waals surface area contributed by atoms with Gasteiger partial charge in [0.1, 0.15) is 18.8 Å². The van der Waals surface area contributed by atoms with Gasteiger partial charge in [-0.1, -0.05) is 18.2 Å². The van der Waals surface area contributed by atoms with Crippen molar-refractivity contribution < 1.29 is 18.7 Å². The van der Waals surface area contributed by atoms with Crippen molar-refractivity contribution in [1.29, 1.82) is 0 Å². The molecule has 2 aliphatic rings. The fourth-order valence-electron chi connectivity index (χ4n) is 4.88. The average Bonchev–Trinajstić information content (AvgIpc) is 3.01. The predicted molar refractivity (Wildman–Crippen MR) is 133 cm³/mol. The lowest BCUT2D eigenvalue weighted by Crippen LogP contribution is -2.31. The van der Waals surface area contributed by atoms with Gasteiger partial charge in [-0.25, -0.2) is 4.79 Å².